The lowest BCUT2D eigenvalue weighted by Crippen LogP contribution is -2.13. The molecule has 104 valence electrons. The van der Waals surface area contributed by atoms with Crippen molar-refractivity contribution >= 4 is 12.0 Å². The van der Waals surface area contributed by atoms with Crippen LogP contribution < -0.4 is 15.9 Å². The molecule has 2 N–H and O–H groups in total. The van der Waals surface area contributed by atoms with Gasteiger partial charge in [-0.25, -0.2) is 9.89 Å². The topological polar surface area (TPSA) is 92.3 Å². The van der Waals surface area contributed by atoms with Crippen LogP contribution in [-0.2, 0) is 0 Å². The lowest BCUT2D eigenvalue weighted by Gasteiger charge is -2.09. The Morgan fingerprint density at radius 1 is 1.45 bits per heavy atom. The highest BCUT2D eigenvalue weighted by molar-refractivity contribution is 5.80. The summed E-state index contributed by atoms with van der Waals surface area (Å²) >= 11 is 0. The molecule has 1 aromatic carbocycles. The molecule has 0 saturated heterocycles. The van der Waals surface area contributed by atoms with E-state index in [2.05, 4.69) is 25.7 Å². The fourth-order valence-electron chi connectivity index (χ4n) is 1.48. The van der Waals surface area contributed by atoms with Gasteiger partial charge in [-0.05, 0) is 31.5 Å². The SMILES string of the molecule is CC(C)Oc1cccc(/C=N/Nc2cn[nH]c(=O)n2)c1. The number of nitrogens with one attached hydrogen (secondary N) is 2. The third kappa shape index (κ3) is 4.20. The molecule has 0 radical (unpaired) electrons. The van der Waals surface area contributed by atoms with E-state index in [1.54, 1.807) is 6.21 Å². The molecule has 0 aliphatic heterocycles. The predicted octanol–water partition coefficient (Wildman–Crippen LogP) is 1.40. The first kappa shape index (κ1) is 13.7. The fourth-order valence-corrected chi connectivity index (χ4v) is 1.48. The van der Waals surface area contributed by atoms with E-state index in [-0.39, 0.29) is 11.9 Å². The van der Waals surface area contributed by atoms with Gasteiger partial charge in [0.2, 0.25) is 0 Å². The Balaban J connectivity index is 2.02. The molecule has 7 nitrogen and oxygen atoms in total. The maximum absolute atomic E-state index is 10.9. The molecule has 0 bridgehead atoms. The Labute approximate surface area is 115 Å². The Bertz CT molecular complexity index is 651. The average Bonchev–Trinajstić information content (AvgIpc) is 2.38. The summed E-state index contributed by atoms with van der Waals surface area (Å²) in [5.41, 5.74) is 2.97. The highest BCUT2D eigenvalue weighted by Gasteiger charge is 1.98. The van der Waals surface area contributed by atoms with Gasteiger partial charge in [0.05, 0.1) is 18.5 Å². The minimum atomic E-state index is -0.530. The number of hydrogen-bond acceptors (Lipinski definition) is 6. The number of benzene rings is 1. The van der Waals surface area contributed by atoms with Gasteiger partial charge in [-0.2, -0.15) is 15.2 Å². The van der Waals surface area contributed by atoms with E-state index in [1.807, 2.05) is 38.1 Å². The third-order valence-electron chi connectivity index (χ3n) is 2.19. The van der Waals surface area contributed by atoms with Crippen LogP contribution in [0.15, 0.2) is 40.4 Å². The van der Waals surface area contributed by atoms with Crippen LogP contribution in [-0.4, -0.2) is 27.5 Å². The number of ether oxygens (including phenoxy) is 1. The van der Waals surface area contributed by atoms with Crippen molar-refractivity contribution in [3.05, 3.63) is 46.5 Å². The number of hydrazone groups is 1. The number of anilines is 1. The molecule has 0 saturated carbocycles. The molecule has 0 spiro atoms. The largest absolute Gasteiger partial charge is 0.491 e. The van der Waals surface area contributed by atoms with Crippen molar-refractivity contribution in [2.24, 2.45) is 5.10 Å². The predicted molar refractivity (Wildman–Crippen MR) is 76.1 cm³/mol. The first-order valence-corrected chi connectivity index (χ1v) is 6.11. The van der Waals surface area contributed by atoms with E-state index < -0.39 is 5.69 Å². The average molecular weight is 273 g/mol. The quantitative estimate of drug-likeness (QED) is 0.634. The first-order chi connectivity index (χ1) is 9.63. The summed E-state index contributed by atoms with van der Waals surface area (Å²) < 4.78 is 5.59. The van der Waals surface area contributed by atoms with E-state index in [4.69, 9.17) is 4.74 Å². The minimum absolute atomic E-state index is 0.117. The Kier molecular flexibility index (Phi) is 4.43. The minimum Gasteiger partial charge on any atom is -0.491 e. The van der Waals surface area contributed by atoms with Gasteiger partial charge in [0.1, 0.15) is 5.75 Å². The number of aromatic nitrogens is 3. The van der Waals surface area contributed by atoms with E-state index in [9.17, 15) is 4.79 Å². The smallest absolute Gasteiger partial charge is 0.363 e. The normalized spacial score (nSPS) is 10.9. The van der Waals surface area contributed by atoms with Crippen LogP contribution in [0.25, 0.3) is 0 Å². The van der Waals surface area contributed by atoms with Crippen LogP contribution in [0.2, 0.25) is 0 Å². The number of rotatable bonds is 5. The van der Waals surface area contributed by atoms with Crippen LogP contribution in [0.4, 0.5) is 5.82 Å². The molecule has 0 amide bonds. The van der Waals surface area contributed by atoms with Crippen LogP contribution in [0, 0.1) is 0 Å². The van der Waals surface area contributed by atoms with Crippen molar-refractivity contribution in [2.75, 3.05) is 5.43 Å². The van der Waals surface area contributed by atoms with Crippen LogP contribution in [0.1, 0.15) is 19.4 Å². The van der Waals surface area contributed by atoms with Gasteiger partial charge in [-0.15, -0.1) is 0 Å². The number of nitrogens with zero attached hydrogens (tertiary/aromatic N) is 3. The van der Waals surface area contributed by atoms with Crippen LogP contribution in [0.5, 0.6) is 5.75 Å². The molecule has 2 aromatic rings. The summed E-state index contributed by atoms with van der Waals surface area (Å²) in [6, 6.07) is 7.52. The lowest BCUT2D eigenvalue weighted by atomic mass is 10.2. The second-order valence-electron chi connectivity index (χ2n) is 4.28. The molecular weight excluding hydrogens is 258 g/mol. The van der Waals surface area contributed by atoms with Gasteiger partial charge in [-0.1, -0.05) is 12.1 Å². The summed E-state index contributed by atoms with van der Waals surface area (Å²) in [7, 11) is 0. The van der Waals surface area contributed by atoms with Crippen molar-refractivity contribution in [1.29, 1.82) is 0 Å². The van der Waals surface area contributed by atoms with E-state index in [1.165, 1.54) is 6.20 Å². The fraction of sp³-hybridized carbons (Fsp3) is 0.231. The van der Waals surface area contributed by atoms with E-state index in [0.29, 0.717) is 0 Å². The van der Waals surface area contributed by atoms with Gasteiger partial charge < -0.3 is 4.74 Å². The maximum atomic E-state index is 10.9. The van der Waals surface area contributed by atoms with E-state index >= 15 is 0 Å². The van der Waals surface area contributed by atoms with Crippen molar-refractivity contribution in [3.63, 3.8) is 0 Å². The zero-order valence-electron chi connectivity index (χ0n) is 11.2. The molecule has 7 heteroatoms. The molecule has 1 aromatic heterocycles. The zero-order valence-corrected chi connectivity index (χ0v) is 11.2. The molecule has 0 aliphatic rings. The van der Waals surface area contributed by atoms with Crippen molar-refractivity contribution in [2.45, 2.75) is 20.0 Å². The summed E-state index contributed by atoms with van der Waals surface area (Å²) in [6.07, 6.45) is 3.10. The second kappa shape index (κ2) is 6.46. The molecular formula is C13H15N5O2. The molecule has 20 heavy (non-hydrogen) atoms. The van der Waals surface area contributed by atoms with Gasteiger partial charge in [0, 0.05) is 0 Å². The lowest BCUT2D eigenvalue weighted by molar-refractivity contribution is 0.242. The summed E-state index contributed by atoms with van der Waals surface area (Å²) in [4.78, 5) is 14.6. The molecule has 1 heterocycles. The van der Waals surface area contributed by atoms with Crippen LogP contribution in [0.3, 0.4) is 0 Å². The highest BCUT2D eigenvalue weighted by Crippen LogP contribution is 2.13. The Morgan fingerprint density at radius 3 is 3.05 bits per heavy atom. The standard InChI is InChI=1S/C13H15N5O2/c1-9(2)20-11-5-3-4-10(6-11)7-14-17-12-8-15-18-13(19)16-12/h3-9H,1-2H3,(H2,16,17,18,19)/b14-7+. The molecule has 0 aliphatic carbocycles. The van der Waals surface area contributed by atoms with Gasteiger partial charge >= 0.3 is 5.69 Å². The maximum Gasteiger partial charge on any atom is 0.363 e. The monoisotopic (exact) mass is 273 g/mol. The third-order valence-corrected chi connectivity index (χ3v) is 2.19. The Hall–Kier alpha value is -2.70. The van der Waals surface area contributed by atoms with E-state index in [0.717, 1.165) is 11.3 Å². The Morgan fingerprint density at radius 2 is 2.30 bits per heavy atom. The number of hydrogen-bond donors (Lipinski definition) is 2. The van der Waals surface area contributed by atoms with Crippen molar-refractivity contribution < 1.29 is 4.74 Å². The molecule has 2 rings (SSSR count). The summed E-state index contributed by atoms with van der Waals surface area (Å²) in [6.45, 7) is 3.93. The number of aromatic amines is 1. The van der Waals surface area contributed by atoms with Gasteiger partial charge in [0.15, 0.2) is 5.82 Å². The second-order valence-corrected chi connectivity index (χ2v) is 4.28. The summed E-state index contributed by atoms with van der Waals surface area (Å²) in [5, 5.41) is 9.77. The molecule has 0 fully saturated rings. The zero-order chi connectivity index (χ0) is 14.4. The number of H-pyrrole nitrogens is 1. The van der Waals surface area contributed by atoms with Crippen molar-refractivity contribution in [1.82, 2.24) is 15.2 Å². The highest BCUT2D eigenvalue weighted by atomic mass is 16.5. The van der Waals surface area contributed by atoms with Crippen molar-refractivity contribution in [3.8, 4) is 5.75 Å². The molecule has 0 atom stereocenters. The molecule has 0 unspecified atom stereocenters. The van der Waals surface area contributed by atoms with Gasteiger partial charge in [0.25, 0.3) is 0 Å². The van der Waals surface area contributed by atoms with Gasteiger partial charge in [-0.3, -0.25) is 5.43 Å². The first-order valence-electron chi connectivity index (χ1n) is 6.11. The van der Waals surface area contributed by atoms with Crippen LogP contribution >= 0.6 is 0 Å². The summed E-state index contributed by atoms with van der Waals surface area (Å²) in [5.74, 6) is 1.06.